The summed E-state index contributed by atoms with van der Waals surface area (Å²) in [7, 11) is 2.18. The standard InChI is InChI=1S/C9H17BO2/c1-6-7(2)9(10)4-3-8(6,5-11)12-9/h6-7,11H,3-5,10H2,1-2H3. The molecule has 0 spiro atoms. The fraction of sp³-hybridized carbons (Fsp3) is 1.00. The smallest absolute Gasteiger partial charge is 0.143 e. The van der Waals surface area contributed by atoms with Crippen LogP contribution in [0.15, 0.2) is 0 Å². The monoisotopic (exact) mass is 168 g/mol. The number of aliphatic hydroxyl groups excluding tert-OH is 1. The Bertz CT molecular complexity index is 209. The van der Waals surface area contributed by atoms with Gasteiger partial charge in [-0.15, -0.1) is 0 Å². The van der Waals surface area contributed by atoms with E-state index >= 15 is 0 Å². The van der Waals surface area contributed by atoms with E-state index in [1.807, 2.05) is 0 Å². The molecule has 2 aliphatic rings. The van der Waals surface area contributed by atoms with Crippen LogP contribution < -0.4 is 0 Å². The number of hydrogen-bond donors (Lipinski definition) is 1. The van der Waals surface area contributed by atoms with Gasteiger partial charge in [-0.25, -0.2) is 0 Å². The normalized spacial score (nSPS) is 57.9. The molecular formula is C9H17BO2. The van der Waals surface area contributed by atoms with Crippen molar-refractivity contribution in [2.24, 2.45) is 11.8 Å². The zero-order valence-electron chi connectivity index (χ0n) is 8.13. The number of hydrogen-bond acceptors (Lipinski definition) is 2. The SMILES string of the molecule is BC12CCC(CO)(O1)C(C)C2C. The first-order valence-electron chi connectivity index (χ1n) is 4.85. The summed E-state index contributed by atoms with van der Waals surface area (Å²) in [4.78, 5) is 0. The Kier molecular flexibility index (Phi) is 1.62. The predicted molar refractivity (Wildman–Crippen MR) is 49.7 cm³/mol. The Morgan fingerprint density at radius 3 is 2.42 bits per heavy atom. The van der Waals surface area contributed by atoms with Crippen LogP contribution in [0.25, 0.3) is 0 Å². The summed E-state index contributed by atoms with van der Waals surface area (Å²) in [5.41, 5.74) is -0.156. The Balaban J connectivity index is 2.32. The van der Waals surface area contributed by atoms with E-state index in [-0.39, 0.29) is 17.7 Å². The van der Waals surface area contributed by atoms with Crippen molar-refractivity contribution in [3.05, 3.63) is 0 Å². The summed E-state index contributed by atoms with van der Waals surface area (Å²) in [6, 6.07) is 0. The highest BCUT2D eigenvalue weighted by molar-refractivity contribution is 6.15. The molecule has 2 nitrogen and oxygen atoms in total. The predicted octanol–water partition coefficient (Wildman–Crippen LogP) is 0.143. The van der Waals surface area contributed by atoms with Gasteiger partial charge in [-0.05, 0) is 24.7 Å². The van der Waals surface area contributed by atoms with Gasteiger partial charge in [-0.3, -0.25) is 0 Å². The van der Waals surface area contributed by atoms with E-state index in [1.54, 1.807) is 0 Å². The van der Waals surface area contributed by atoms with Gasteiger partial charge < -0.3 is 9.84 Å². The Hall–Kier alpha value is -0.0151. The van der Waals surface area contributed by atoms with E-state index in [0.29, 0.717) is 11.8 Å². The number of fused-ring (bicyclic) bond motifs is 2. The van der Waals surface area contributed by atoms with Crippen LogP contribution in [-0.4, -0.2) is 30.7 Å². The maximum Gasteiger partial charge on any atom is 0.143 e. The molecule has 2 rings (SSSR count). The van der Waals surface area contributed by atoms with Crippen LogP contribution in [0.3, 0.4) is 0 Å². The minimum absolute atomic E-state index is 0.0438. The summed E-state index contributed by atoms with van der Waals surface area (Å²) in [5.74, 6) is 1.08. The summed E-state index contributed by atoms with van der Waals surface area (Å²) in [6.45, 7) is 4.63. The summed E-state index contributed by atoms with van der Waals surface area (Å²) in [5, 5.41) is 9.32. The van der Waals surface area contributed by atoms with Crippen molar-refractivity contribution >= 4 is 7.85 Å². The van der Waals surface area contributed by atoms with Gasteiger partial charge in [-0.2, -0.15) is 0 Å². The van der Waals surface area contributed by atoms with Gasteiger partial charge in [0, 0.05) is 5.50 Å². The largest absolute Gasteiger partial charge is 0.393 e. The Morgan fingerprint density at radius 2 is 2.08 bits per heavy atom. The van der Waals surface area contributed by atoms with Gasteiger partial charge in [-0.1, -0.05) is 13.8 Å². The summed E-state index contributed by atoms with van der Waals surface area (Å²) < 4.78 is 5.97. The van der Waals surface area contributed by atoms with Crippen LogP contribution in [-0.2, 0) is 4.74 Å². The molecule has 2 saturated heterocycles. The zero-order chi connectivity index (χ0) is 8.98. The van der Waals surface area contributed by atoms with Crippen LogP contribution in [0.2, 0.25) is 0 Å². The first-order valence-corrected chi connectivity index (χ1v) is 4.85. The van der Waals surface area contributed by atoms with Crippen LogP contribution in [0.5, 0.6) is 0 Å². The molecule has 0 aliphatic carbocycles. The molecular weight excluding hydrogens is 151 g/mol. The lowest BCUT2D eigenvalue weighted by Crippen LogP contribution is -2.40. The maximum absolute atomic E-state index is 9.32. The molecule has 4 atom stereocenters. The average molecular weight is 168 g/mol. The number of ether oxygens (including phenoxy) is 1. The Morgan fingerprint density at radius 1 is 1.42 bits per heavy atom. The van der Waals surface area contributed by atoms with E-state index in [1.165, 1.54) is 0 Å². The molecule has 0 amide bonds. The molecule has 12 heavy (non-hydrogen) atoms. The second kappa shape index (κ2) is 2.27. The van der Waals surface area contributed by atoms with E-state index in [2.05, 4.69) is 21.7 Å². The highest BCUT2D eigenvalue weighted by atomic mass is 16.5. The average Bonchev–Trinajstić information content (AvgIpc) is 2.50. The van der Waals surface area contributed by atoms with E-state index in [0.717, 1.165) is 12.8 Å². The third kappa shape index (κ3) is 0.788. The second-order valence-electron chi connectivity index (χ2n) is 4.71. The highest BCUT2D eigenvalue weighted by Crippen LogP contribution is 2.55. The number of rotatable bonds is 1. The van der Waals surface area contributed by atoms with Gasteiger partial charge in [0.25, 0.3) is 0 Å². The Labute approximate surface area is 74.7 Å². The van der Waals surface area contributed by atoms with Gasteiger partial charge >= 0.3 is 0 Å². The lowest BCUT2D eigenvalue weighted by atomic mass is 9.61. The van der Waals surface area contributed by atoms with E-state index in [4.69, 9.17) is 4.74 Å². The molecule has 68 valence electrons. The quantitative estimate of drug-likeness (QED) is 0.564. The molecule has 1 N–H and O–H groups in total. The van der Waals surface area contributed by atoms with E-state index in [9.17, 15) is 5.11 Å². The van der Waals surface area contributed by atoms with Crippen LogP contribution >= 0.6 is 0 Å². The van der Waals surface area contributed by atoms with Crippen molar-refractivity contribution in [3.8, 4) is 0 Å². The summed E-state index contributed by atoms with van der Waals surface area (Å²) in [6.07, 6.45) is 2.14. The van der Waals surface area contributed by atoms with Crippen LogP contribution in [0.4, 0.5) is 0 Å². The molecule has 3 heteroatoms. The third-order valence-corrected chi connectivity index (χ3v) is 4.29. The number of aliphatic hydroxyl groups is 1. The van der Waals surface area contributed by atoms with Crippen molar-refractivity contribution < 1.29 is 9.84 Å². The molecule has 0 aromatic carbocycles. The second-order valence-corrected chi connectivity index (χ2v) is 4.71. The lowest BCUT2D eigenvalue weighted by Gasteiger charge is -2.32. The van der Waals surface area contributed by atoms with Gasteiger partial charge in [0.05, 0.1) is 12.2 Å². The van der Waals surface area contributed by atoms with Gasteiger partial charge in [0.2, 0.25) is 0 Å². The fourth-order valence-corrected chi connectivity index (χ4v) is 2.91. The first kappa shape index (κ1) is 8.58. The molecule has 2 aliphatic heterocycles. The lowest BCUT2D eigenvalue weighted by molar-refractivity contribution is -0.0573. The van der Waals surface area contributed by atoms with Crippen molar-refractivity contribution in [2.75, 3.05) is 6.61 Å². The molecule has 0 radical (unpaired) electrons. The fourth-order valence-electron chi connectivity index (χ4n) is 2.91. The third-order valence-electron chi connectivity index (χ3n) is 4.29. The van der Waals surface area contributed by atoms with E-state index < -0.39 is 0 Å². The molecule has 2 bridgehead atoms. The van der Waals surface area contributed by atoms with Gasteiger partial charge in [0.1, 0.15) is 7.85 Å². The van der Waals surface area contributed by atoms with Crippen LogP contribution in [0.1, 0.15) is 26.7 Å². The first-order chi connectivity index (χ1) is 5.54. The van der Waals surface area contributed by atoms with Crippen LogP contribution in [0, 0.1) is 11.8 Å². The molecule has 0 aromatic heterocycles. The van der Waals surface area contributed by atoms with Gasteiger partial charge in [0.15, 0.2) is 0 Å². The zero-order valence-corrected chi connectivity index (χ0v) is 8.13. The van der Waals surface area contributed by atoms with Crippen molar-refractivity contribution in [2.45, 2.75) is 37.8 Å². The summed E-state index contributed by atoms with van der Waals surface area (Å²) >= 11 is 0. The minimum atomic E-state index is -0.200. The molecule has 2 fully saturated rings. The molecule has 0 saturated carbocycles. The van der Waals surface area contributed by atoms with Crippen molar-refractivity contribution in [1.82, 2.24) is 0 Å². The topological polar surface area (TPSA) is 29.5 Å². The van der Waals surface area contributed by atoms with Crippen molar-refractivity contribution in [3.63, 3.8) is 0 Å². The molecule has 4 unspecified atom stereocenters. The molecule has 2 heterocycles. The maximum atomic E-state index is 9.32. The minimum Gasteiger partial charge on any atom is -0.393 e. The molecule has 0 aromatic rings. The van der Waals surface area contributed by atoms with Crippen molar-refractivity contribution in [1.29, 1.82) is 0 Å². The highest BCUT2D eigenvalue weighted by Gasteiger charge is 2.60.